The lowest BCUT2D eigenvalue weighted by atomic mass is 10.1. The largest absolute Gasteiger partial charge is 0.382 e. The van der Waals surface area contributed by atoms with E-state index in [1.165, 1.54) is 53.3 Å². The predicted molar refractivity (Wildman–Crippen MR) is 90.4 cm³/mol. The zero-order valence-electron chi connectivity index (χ0n) is 11.9. The lowest BCUT2D eigenvalue weighted by Crippen LogP contribution is -2.15. The fourth-order valence-corrected chi connectivity index (χ4v) is 2.63. The van der Waals surface area contributed by atoms with Crippen LogP contribution in [-0.2, 0) is 0 Å². The van der Waals surface area contributed by atoms with E-state index in [4.69, 9.17) is 0 Å². The molecule has 0 radical (unpaired) electrons. The molecule has 0 aromatic heterocycles. The van der Waals surface area contributed by atoms with E-state index in [1.807, 2.05) is 0 Å². The standard InChI is InChI=1S/C16H26IN/c1-4-5-6-7-8-9-14(3)18-16-12-15(17)11-10-13(16)2/h10-12,14,18H,4-9H2,1-3H3. The summed E-state index contributed by atoms with van der Waals surface area (Å²) in [6, 6.07) is 7.17. The van der Waals surface area contributed by atoms with Gasteiger partial charge in [0.2, 0.25) is 0 Å². The molecule has 1 aromatic carbocycles. The zero-order valence-corrected chi connectivity index (χ0v) is 14.1. The van der Waals surface area contributed by atoms with Gasteiger partial charge >= 0.3 is 0 Å². The van der Waals surface area contributed by atoms with E-state index < -0.39 is 0 Å². The van der Waals surface area contributed by atoms with Crippen LogP contribution in [0.2, 0.25) is 0 Å². The van der Waals surface area contributed by atoms with Crippen LogP contribution in [0.5, 0.6) is 0 Å². The molecule has 0 amide bonds. The van der Waals surface area contributed by atoms with Crippen LogP contribution in [0.3, 0.4) is 0 Å². The molecule has 2 heteroatoms. The van der Waals surface area contributed by atoms with Crippen molar-refractivity contribution in [3.05, 3.63) is 27.3 Å². The molecule has 0 saturated heterocycles. The van der Waals surface area contributed by atoms with Crippen molar-refractivity contribution in [3.63, 3.8) is 0 Å². The first kappa shape index (κ1) is 15.8. The second-order valence-electron chi connectivity index (χ2n) is 5.21. The van der Waals surface area contributed by atoms with Gasteiger partial charge in [0.15, 0.2) is 0 Å². The van der Waals surface area contributed by atoms with E-state index in [0.717, 1.165) is 0 Å². The summed E-state index contributed by atoms with van der Waals surface area (Å²) < 4.78 is 1.30. The summed E-state index contributed by atoms with van der Waals surface area (Å²) in [6.07, 6.45) is 8.11. The van der Waals surface area contributed by atoms with E-state index in [1.54, 1.807) is 0 Å². The van der Waals surface area contributed by atoms with Gasteiger partial charge in [-0.25, -0.2) is 0 Å². The predicted octanol–water partition coefficient (Wildman–Crippen LogP) is 5.76. The molecular weight excluding hydrogens is 333 g/mol. The molecule has 0 heterocycles. The van der Waals surface area contributed by atoms with Crippen LogP contribution in [0, 0.1) is 10.5 Å². The SMILES string of the molecule is CCCCCCCC(C)Nc1cc(I)ccc1C. The monoisotopic (exact) mass is 359 g/mol. The Labute approximate surface area is 126 Å². The maximum Gasteiger partial charge on any atom is 0.0382 e. The van der Waals surface area contributed by atoms with E-state index in [-0.39, 0.29) is 0 Å². The summed E-state index contributed by atoms with van der Waals surface area (Å²) in [5.74, 6) is 0. The van der Waals surface area contributed by atoms with Crippen LogP contribution in [0.4, 0.5) is 5.69 Å². The Balaban J connectivity index is 2.30. The van der Waals surface area contributed by atoms with Crippen molar-refractivity contribution in [1.29, 1.82) is 0 Å². The summed E-state index contributed by atoms with van der Waals surface area (Å²) in [7, 11) is 0. The first-order valence-electron chi connectivity index (χ1n) is 7.16. The number of hydrogen-bond acceptors (Lipinski definition) is 1. The van der Waals surface area contributed by atoms with Gasteiger partial charge in [-0.15, -0.1) is 0 Å². The Kier molecular flexibility index (Phi) is 7.71. The Morgan fingerprint density at radius 2 is 1.89 bits per heavy atom. The molecule has 1 nitrogen and oxygen atoms in total. The molecule has 0 spiro atoms. The molecular formula is C16H26IN. The Morgan fingerprint density at radius 3 is 2.61 bits per heavy atom. The topological polar surface area (TPSA) is 12.0 Å². The minimum atomic E-state index is 0.573. The fourth-order valence-electron chi connectivity index (χ4n) is 2.14. The quantitative estimate of drug-likeness (QED) is 0.460. The number of hydrogen-bond donors (Lipinski definition) is 1. The highest BCUT2D eigenvalue weighted by atomic mass is 127. The Morgan fingerprint density at radius 1 is 1.17 bits per heavy atom. The van der Waals surface area contributed by atoms with Gasteiger partial charge in [0.05, 0.1) is 0 Å². The van der Waals surface area contributed by atoms with Crippen molar-refractivity contribution >= 4 is 28.3 Å². The normalized spacial score (nSPS) is 12.4. The van der Waals surface area contributed by atoms with Gasteiger partial charge in [-0.1, -0.05) is 45.1 Å². The summed E-state index contributed by atoms with van der Waals surface area (Å²) in [4.78, 5) is 0. The smallest absolute Gasteiger partial charge is 0.0382 e. The minimum Gasteiger partial charge on any atom is -0.382 e. The molecule has 0 bridgehead atoms. The molecule has 0 aliphatic carbocycles. The molecule has 1 aromatic rings. The average Bonchev–Trinajstić information content (AvgIpc) is 2.33. The molecule has 0 saturated carbocycles. The third kappa shape index (κ3) is 6.07. The first-order valence-corrected chi connectivity index (χ1v) is 8.24. The van der Waals surface area contributed by atoms with Gasteiger partial charge in [0, 0.05) is 15.3 Å². The molecule has 102 valence electrons. The second kappa shape index (κ2) is 8.78. The molecule has 0 aliphatic heterocycles. The summed E-state index contributed by atoms with van der Waals surface area (Å²) >= 11 is 2.37. The number of rotatable bonds is 8. The van der Waals surface area contributed by atoms with Crippen molar-refractivity contribution in [1.82, 2.24) is 0 Å². The Hall–Kier alpha value is -0.250. The van der Waals surface area contributed by atoms with Crippen LogP contribution in [0.25, 0.3) is 0 Å². The van der Waals surface area contributed by atoms with Crippen LogP contribution >= 0.6 is 22.6 Å². The van der Waals surface area contributed by atoms with E-state index in [9.17, 15) is 0 Å². The third-order valence-corrected chi connectivity index (χ3v) is 4.01. The van der Waals surface area contributed by atoms with Crippen molar-refractivity contribution in [2.24, 2.45) is 0 Å². The van der Waals surface area contributed by atoms with Crippen LogP contribution in [0.15, 0.2) is 18.2 Å². The third-order valence-electron chi connectivity index (χ3n) is 3.34. The summed E-state index contributed by atoms with van der Waals surface area (Å²) in [5.41, 5.74) is 2.64. The summed E-state index contributed by atoms with van der Waals surface area (Å²) in [5, 5.41) is 3.64. The number of aryl methyl sites for hydroxylation is 1. The lowest BCUT2D eigenvalue weighted by Gasteiger charge is -2.17. The highest BCUT2D eigenvalue weighted by molar-refractivity contribution is 14.1. The van der Waals surface area contributed by atoms with Crippen molar-refractivity contribution in [2.75, 3.05) is 5.32 Å². The molecule has 1 N–H and O–H groups in total. The second-order valence-corrected chi connectivity index (χ2v) is 6.45. The molecule has 0 aliphatic rings. The maximum atomic E-state index is 3.64. The van der Waals surface area contributed by atoms with Crippen molar-refractivity contribution in [3.8, 4) is 0 Å². The molecule has 1 atom stereocenters. The number of nitrogens with one attached hydrogen (secondary N) is 1. The molecule has 1 rings (SSSR count). The fraction of sp³-hybridized carbons (Fsp3) is 0.625. The number of halogens is 1. The highest BCUT2D eigenvalue weighted by Gasteiger charge is 2.04. The number of benzene rings is 1. The van der Waals surface area contributed by atoms with Crippen LogP contribution in [-0.4, -0.2) is 6.04 Å². The first-order chi connectivity index (χ1) is 8.63. The van der Waals surface area contributed by atoms with E-state index >= 15 is 0 Å². The zero-order chi connectivity index (χ0) is 13.4. The van der Waals surface area contributed by atoms with Gasteiger partial charge in [0.1, 0.15) is 0 Å². The van der Waals surface area contributed by atoms with Crippen molar-refractivity contribution in [2.45, 2.75) is 65.3 Å². The number of unbranched alkanes of at least 4 members (excludes halogenated alkanes) is 4. The van der Waals surface area contributed by atoms with Gasteiger partial charge in [0.25, 0.3) is 0 Å². The van der Waals surface area contributed by atoms with Gasteiger partial charge in [-0.2, -0.15) is 0 Å². The van der Waals surface area contributed by atoms with Gasteiger partial charge in [-0.3, -0.25) is 0 Å². The molecule has 18 heavy (non-hydrogen) atoms. The van der Waals surface area contributed by atoms with Gasteiger partial charge in [-0.05, 0) is 60.6 Å². The van der Waals surface area contributed by atoms with Crippen molar-refractivity contribution < 1.29 is 0 Å². The average molecular weight is 359 g/mol. The highest BCUT2D eigenvalue weighted by Crippen LogP contribution is 2.20. The molecule has 1 unspecified atom stereocenters. The minimum absolute atomic E-state index is 0.573. The lowest BCUT2D eigenvalue weighted by molar-refractivity contribution is 0.578. The summed E-state index contributed by atoms with van der Waals surface area (Å²) in [6.45, 7) is 6.73. The van der Waals surface area contributed by atoms with Gasteiger partial charge < -0.3 is 5.32 Å². The number of anilines is 1. The van der Waals surface area contributed by atoms with E-state index in [2.05, 4.69) is 66.9 Å². The Bertz CT molecular complexity index is 349. The molecule has 0 fully saturated rings. The van der Waals surface area contributed by atoms with Crippen LogP contribution < -0.4 is 5.32 Å². The van der Waals surface area contributed by atoms with E-state index in [0.29, 0.717) is 6.04 Å². The van der Waals surface area contributed by atoms with Crippen LogP contribution in [0.1, 0.15) is 57.9 Å². The maximum absolute atomic E-state index is 3.64.